The first-order chi connectivity index (χ1) is 11.5. The second kappa shape index (κ2) is 6.23. The van der Waals surface area contributed by atoms with Crippen molar-refractivity contribution in [1.29, 1.82) is 0 Å². The number of amides is 4. The Bertz CT molecular complexity index is 807. The lowest BCUT2D eigenvalue weighted by molar-refractivity contribution is -0.144. The summed E-state index contributed by atoms with van der Waals surface area (Å²) in [5.74, 6) is -2.23. The smallest absolute Gasteiger partial charge is 0.263 e. The van der Waals surface area contributed by atoms with Crippen molar-refractivity contribution >= 4 is 17.8 Å². The summed E-state index contributed by atoms with van der Waals surface area (Å²) in [4.78, 5) is 38.7. The quantitative estimate of drug-likeness (QED) is 0.641. The largest absolute Gasteiger partial charge is 0.335 e. The monoisotopic (exact) mass is 326 g/mol. The third kappa shape index (κ3) is 2.78. The van der Waals surface area contributed by atoms with Crippen LogP contribution in [0.3, 0.4) is 0 Å². The Labute approximate surface area is 138 Å². The molecule has 4 amide bonds. The molecule has 122 valence electrons. The number of hydrogen-bond donors (Lipinski definition) is 0. The Morgan fingerprint density at radius 2 is 1.67 bits per heavy atom. The van der Waals surface area contributed by atoms with Crippen LogP contribution in [0, 0.1) is 5.82 Å². The zero-order chi connectivity index (χ0) is 17.3. The first kappa shape index (κ1) is 15.9. The van der Waals surface area contributed by atoms with E-state index in [2.05, 4.69) is 0 Å². The topological polar surface area (TPSA) is 57.7 Å². The van der Waals surface area contributed by atoms with Gasteiger partial charge in [-0.2, -0.15) is 0 Å². The lowest BCUT2D eigenvalue weighted by atomic mass is 10.1. The average Bonchev–Trinajstić information content (AvgIpc) is 2.79. The fourth-order valence-corrected chi connectivity index (χ4v) is 2.70. The number of imide groups is 2. The lowest BCUT2D eigenvalue weighted by Crippen LogP contribution is -2.35. The molecule has 5 nitrogen and oxygen atoms in total. The van der Waals surface area contributed by atoms with Crippen molar-refractivity contribution in [3.05, 3.63) is 71.5 Å². The van der Waals surface area contributed by atoms with Gasteiger partial charge in [0.1, 0.15) is 5.82 Å². The van der Waals surface area contributed by atoms with E-state index in [0.717, 1.165) is 15.4 Å². The van der Waals surface area contributed by atoms with E-state index in [4.69, 9.17) is 0 Å². The highest BCUT2D eigenvalue weighted by atomic mass is 19.1. The van der Waals surface area contributed by atoms with Gasteiger partial charge in [0.2, 0.25) is 0 Å². The van der Waals surface area contributed by atoms with Crippen molar-refractivity contribution < 1.29 is 18.8 Å². The Balaban J connectivity index is 1.85. The maximum absolute atomic E-state index is 13.3. The third-order valence-corrected chi connectivity index (χ3v) is 3.98. The van der Waals surface area contributed by atoms with Gasteiger partial charge in [0.05, 0.1) is 12.6 Å². The summed E-state index contributed by atoms with van der Waals surface area (Å²) in [6.07, 6.45) is 0. The van der Waals surface area contributed by atoms with E-state index in [0.29, 0.717) is 5.56 Å². The predicted molar refractivity (Wildman–Crippen MR) is 84.0 cm³/mol. The number of benzene rings is 2. The van der Waals surface area contributed by atoms with Crippen LogP contribution in [0.2, 0.25) is 0 Å². The van der Waals surface area contributed by atoms with Crippen molar-refractivity contribution in [2.75, 3.05) is 0 Å². The van der Waals surface area contributed by atoms with Crippen LogP contribution in [0.5, 0.6) is 0 Å². The molecule has 0 radical (unpaired) electrons. The van der Waals surface area contributed by atoms with Gasteiger partial charge in [0, 0.05) is 0 Å². The predicted octanol–water partition coefficient (Wildman–Crippen LogP) is 2.88. The minimum Gasteiger partial charge on any atom is -0.263 e. The zero-order valence-electron chi connectivity index (χ0n) is 13.0. The van der Waals surface area contributed by atoms with Crippen molar-refractivity contribution in [3.63, 3.8) is 0 Å². The third-order valence-electron chi connectivity index (χ3n) is 3.98. The van der Waals surface area contributed by atoms with E-state index in [1.165, 1.54) is 18.2 Å². The molecule has 2 aromatic rings. The molecule has 1 fully saturated rings. The Morgan fingerprint density at radius 1 is 0.958 bits per heavy atom. The Hall–Kier alpha value is -3.02. The van der Waals surface area contributed by atoms with Gasteiger partial charge in [-0.25, -0.2) is 14.1 Å². The molecule has 0 saturated carbocycles. The van der Waals surface area contributed by atoms with Gasteiger partial charge in [-0.1, -0.05) is 42.5 Å². The number of carbonyl (C=O) groups is 3. The van der Waals surface area contributed by atoms with Crippen LogP contribution < -0.4 is 0 Å². The van der Waals surface area contributed by atoms with E-state index in [1.54, 1.807) is 37.3 Å². The highest BCUT2D eigenvalue weighted by Gasteiger charge is 2.46. The molecule has 3 rings (SSSR count). The molecular weight excluding hydrogens is 311 g/mol. The molecule has 1 aliphatic rings. The maximum Gasteiger partial charge on any atom is 0.335 e. The van der Waals surface area contributed by atoms with Crippen molar-refractivity contribution in [1.82, 2.24) is 9.80 Å². The molecule has 0 unspecified atom stereocenters. The minimum atomic E-state index is -0.896. The number of nitrogens with zero attached hydrogens (tertiary/aromatic N) is 2. The van der Waals surface area contributed by atoms with E-state index in [-0.39, 0.29) is 6.54 Å². The lowest BCUT2D eigenvalue weighted by Gasteiger charge is -2.22. The van der Waals surface area contributed by atoms with E-state index in [9.17, 15) is 18.8 Å². The van der Waals surface area contributed by atoms with Crippen LogP contribution >= 0.6 is 0 Å². The Kier molecular flexibility index (Phi) is 4.12. The molecule has 1 atom stereocenters. The van der Waals surface area contributed by atoms with Gasteiger partial charge in [-0.3, -0.25) is 14.5 Å². The first-order valence-corrected chi connectivity index (χ1v) is 7.47. The summed E-state index contributed by atoms with van der Waals surface area (Å²) < 4.78 is 13.3. The van der Waals surface area contributed by atoms with Gasteiger partial charge in [0.25, 0.3) is 0 Å². The molecule has 0 aromatic heterocycles. The van der Waals surface area contributed by atoms with Crippen molar-refractivity contribution in [3.8, 4) is 0 Å². The molecule has 0 spiro atoms. The number of carbonyl (C=O) groups excluding carboxylic acids is 3. The molecule has 6 heteroatoms. The number of halogens is 1. The van der Waals surface area contributed by atoms with Crippen LogP contribution in [0.1, 0.15) is 24.1 Å². The molecule has 0 N–H and O–H groups in total. The van der Waals surface area contributed by atoms with Gasteiger partial charge in [-0.15, -0.1) is 0 Å². The second-order valence-electron chi connectivity index (χ2n) is 5.57. The molecular formula is C18H15FN2O3. The van der Waals surface area contributed by atoms with Gasteiger partial charge in [0.15, 0.2) is 0 Å². The van der Waals surface area contributed by atoms with Crippen LogP contribution in [-0.2, 0) is 16.1 Å². The molecule has 1 aliphatic heterocycles. The summed E-state index contributed by atoms with van der Waals surface area (Å²) in [6.45, 7) is 1.54. The normalized spacial score (nSPS) is 16.0. The minimum absolute atomic E-state index is 0.140. The molecule has 1 saturated heterocycles. The number of rotatable bonds is 4. The zero-order valence-corrected chi connectivity index (χ0v) is 13.0. The fraction of sp³-hybridized carbons (Fsp3) is 0.167. The summed E-state index contributed by atoms with van der Waals surface area (Å²) in [7, 11) is 0. The van der Waals surface area contributed by atoms with E-state index >= 15 is 0 Å². The summed E-state index contributed by atoms with van der Waals surface area (Å²) in [5.41, 5.74) is 1.19. The second-order valence-corrected chi connectivity index (χ2v) is 5.57. The van der Waals surface area contributed by atoms with Crippen LogP contribution in [-0.4, -0.2) is 27.6 Å². The SMILES string of the molecule is C[C@@H](c1ccccc1)N1C(=O)C(=O)N(Cc2cccc(F)c2)C1=O. The number of hydrogen-bond acceptors (Lipinski definition) is 3. The number of urea groups is 1. The summed E-state index contributed by atoms with van der Waals surface area (Å²) in [5, 5.41) is 0. The molecule has 1 heterocycles. The summed E-state index contributed by atoms with van der Waals surface area (Å²) >= 11 is 0. The fourth-order valence-electron chi connectivity index (χ4n) is 2.70. The van der Waals surface area contributed by atoms with Crippen LogP contribution in [0.15, 0.2) is 54.6 Å². The molecule has 2 aromatic carbocycles. The molecule has 0 aliphatic carbocycles. The average molecular weight is 326 g/mol. The maximum atomic E-state index is 13.3. The van der Waals surface area contributed by atoms with E-state index < -0.39 is 29.7 Å². The highest BCUT2D eigenvalue weighted by molar-refractivity contribution is 6.44. The highest BCUT2D eigenvalue weighted by Crippen LogP contribution is 2.27. The Morgan fingerprint density at radius 3 is 2.33 bits per heavy atom. The van der Waals surface area contributed by atoms with Crippen molar-refractivity contribution in [2.24, 2.45) is 0 Å². The van der Waals surface area contributed by atoms with Gasteiger partial charge >= 0.3 is 17.8 Å². The van der Waals surface area contributed by atoms with Crippen LogP contribution in [0.4, 0.5) is 9.18 Å². The standard InChI is InChI=1S/C18H15FN2O3/c1-12(14-7-3-2-4-8-14)21-17(23)16(22)20(18(21)24)11-13-6-5-9-15(19)10-13/h2-10,12H,11H2,1H3/t12-/m0/s1. The van der Waals surface area contributed by atoms with Gasteiger partial charge < -0.3 is 0 Å². The molecule has 24 heavy (non-hydrogen) atoms. The summed E-state index contributed by atoms with van der Waals surface area (Å²) in [6, 6.07) is 13.3. The first-order valence-electron chi connectivity index (χ1n) is 7.47. The van der Waals surface area contributed by atoms with Crippen LogP contribution in [0.25, 0.3) is 0 Å². The van der Waals surface area contributed by atoms with Gasteiger partial charge in [-0.05, 0) is 30.2 Å². The molecule has 0 bridgehead atoms. The van der Waals surface area contributed by atoms with E-state index in [1.807, 2.05) is 6.07 Å². The van der Waals surface area contributed by atoms with Crippen molar-refractivity contribution in [2.45, 2.75) is 19.5 Å².